The van der Waals surface area contributed by atoms with Crippen LogP contribution in [-0.4, -0.2) is 42.4 Å². The molecule has 0 heterocycles. The molecule has 2 atom stereocenters. The predicted octanol–water partition coefficient (Wildman–Crippen LogP) is 2.94. The van der Waals surface area contributed by atoms with Gasteiger partial charge in [0, 0.05) is 11.5 Å². The fourth-order valence-electron chi connectivity index (χ4n) is 2.43. The second-order valence-electron chi connectivity index (χ2n) is 5.76. The van der Waals surface area contributed by atoms with Gasteiger partial charge in [0.1, 0.15) is 0 Å². The molecule has 1 rings (SSSR count). The minimum atomic E-state index is -0.878. The summed E-state index contributed by atoms with van der Waals surface area (Å²) < 4.78 is 0. The maximum Gasteiger partial charge on any atom is 0.307 e. The molecule has 0 radical (unpaired) electrons. The maximum absolute atomic E-state index is 12.4. The van der Waals surface area contributed by atoms with E-state index in [1.165, 1.54) is 0 Å². The molecule has 0 aliphatic rings. The molecule has 0 aromatic heterocycles. The Kier molecular flexibility index (Phi) is 7.09. The molecule has 0 bridgehead atoms. The van der Waals surface area contributed by atoms with Crippen LogP contribution in [0.5, 0.6) is 0 Å². The lowest BCUT2D eigenvalue weighted by molar-refractivity contribution is -0.143. The summed E-state index contributed by atoms with van der Waals surface area (Å²) in [5.41, 5.74) is 0.588. The van der Waals surface area contributed by atoms with E-state index in [0.29, 0.717) is 12.0 Å². The van der Waals surface area contributed by atoms with Gasteiger partial charge in [-0.05, 0) is 33.5 Å². The molecule has 0 spiro atoms. The van der Waals surface area contributed by atoms with Crippen molar-refractivity contribution in [1.29, 1.82) is 0 Å². The first-order chi connectivity index (χ1) is 9.93. The monoisotopic (exact) mass is 291 g/mol. The van der Waals surface area contributed by atoms with Crippen molar-refractivity contribution in [3.05, 3.63) is 35.9 Å². The molecule has 0 saturated heterocycles. The van der Waals surface area contributed by atoms with Crippen LogP contribution in [0.15, 0.2) is 30.3 Å². The van der Waals surface area contributed by atoms with Gasteiger partial charge in [-0.1, -0.05) is 43.7 Å². The molecule has 21 heavy (non-hydrogen) atoms. The SMILES string of the molecule is C[C@H](C(=O)c1ccccc1)[C@@H](CCCCN(C)C)C(=O)O. The Hall–Kier alpha value is -1.68. The van der Waals surface area contributed by atoms with Gasteiger partial charge in [0.2, 0.25) is 0 Å². The van der Waals surface area contributed by atoms with Crippen molar-refractivity contribution in [3.8, 4) is 0 Å². The van der Waals surface area contributed by atoms with Crippen molar-refractivity contribution >= 4 is 11.8 Å². The lowest BCUT2D eigenvalue weighted by Crippen LogP contribution is -2.28. The first kappa shape index (κ1) is 17.4. The van der Waals surface area contributed by atoms with Gasteiger partial charge in [-0.15, -0.1) is 0 Å². The highest BCUT2D eigenvalue weighted by molar-refractivity contribution is 5.99. The first-order valence-electron chi connectivity index (χ1n) is 7.40. The smallest absolute Gasteiger partial charge is 0.307 e. The number of aliphatic carboxylic acids is 1. The highest BCUT2D eigenvalue weighted by atomic mass is 16.4. The molecule has 0 aliphatic carbocycles. The van der Waals surface area contributed by atoms with Gasteiger partial charge in [-0.25, -0.2) is 0 Å². The number of carboxylic acid groups (broad SMARTS) is 1. The second kappa shape index (κ2) is 8.57. The van der Waals surface area contributed by atoms with E-state index in [4.69, 9.17) is 0 Å². The van der Waals surface area contributed by atoms with Gasteiger partial charge in [0.15, 0.2) is 5.78 Å². The predicted molar refractivity (Wildman–Crippen MR) is 83.5 cm³/mol. The lowest BCUT2D eigenvalue weighted by Gasteiger charge is -2.19. The van der Waals surface area contributed by atoms with Gasteiger partial charge in [0.05, 0.1) is 5.92 Å². The topological polar surface area (TPSA) is 57.6 Å². The van der Waals surface area contributed by atoms with Crippen molar-refractivity contribution < 1.29 is 14.7 Å². The number of rotatable bonds is 9. The number of Topliss-reactive ketones (excluding diaryl/α,β-unsaturated/α-hetero) is 1. The van der Waals surface area contributed by atoms with E-state index in [-0.39, 0.29) is 5.78 Å². The third kappa shape index (κ3) is 5.68. The molecular weight excluding hydrogens is 266 g/mol. The van der Waals surface area contributed by atoms with Crippen molar-refractivity contribution in [2.45, 2.75) is 26.2 Å². The third-order valence-corrected chi connectivity index (χ3v) is 3.76. The number of hydrogen-bond acceptors (Lipinski definition) is 3. The van der Waals surface area contributed by atoms with E-state index in [9.17, 15) is 14.7 Å². The molecule has 0 fully saturated rings. The van der Waals surface area contributed by atoms with E-state index in [2.05, 4.69) is 4.90 Å². The van der Waals surface area contributed by atoms with E-state index in [1.54, 1.807) is 31.2 Å². The van der Waals surface area contributed by atoms with Gasteiger partial charge >= 0.3 is 5.97 Å². The quantitative estimate of drug-likeness (QED) is 0.561. The van der Waals surface area contributed by atoms with E-state index in [0.717, 1.165) is 19.4 Å². The Morgan fingerprint density at radius 1 is 1.14 bits per heavy atom. The number of nitrogens with zero attached hydrogens (tertiary/aromatic N) is 1. The van der Waals surface area contributed by atoms with Gasteiger partial charge < -0.3 is 10.0 Å². The first-order valence-corrected chi connectivity index (χ1v) is 7.40. The van der Waals surface area contributed by atoms with E-state index >= 15 is 0 Å². The van der Waals surface area contributed by atoms with Crippen molar-refractivity contribution in [2.75, 3.05) is 20.6 Å². The molecule has 4 heteroatoms. The number of carbonyl (C=O) groups excluding carboxylic acids is 1. The summed E-state index contributed by atoms with van der Waals surface area (Å²) in [7, 11) is 3.99. The summed E-state index contributed by atoms with van der Waals surface area (Å²) in [4.78, 5) is 25.9. The van der Waals surface area contributed by atoms with Crippen LogP contribution in [0.1, 0.15) is 36.5 Å². The molecule has 1 aromatic carbocycles. The summed E-state index contributed by atoms with van der Waals surface area (Å²) in [5.74, 6) is -2.07. The van der Waals surface area contributed by atoms with Crippen LogP contribution in [0.3, 0.4) is 0 Å². The summed E-state index contributed by atoms with van der Waals surface area (Å²) in [6.07, 6.45) is 2.31. The van der Waals surface area contributed by atoms with Crippen LogP contribution >= 0.6 is 0 Å². The van der Waals surface area contributed by atoms with E-state index < -0.39 is 17.8 Å². The Labute approximate surface area is 126 Å². The summed E-state index contributed by atoms with van der Waals surface area (Å²) >= 11 is 0. The summed E-state index contributed by atoms with van der Waals surface area (Å²) in [6, 6.07) is 8.92. The van der Waals surface area contributed by atoms with Crippen LogP contribution in [0, 0.1) is 11.8 Å². The molecule has 116 valence electrons. The zero-order valence-electron chi connectivity index (χ0n) is 13.1. The van der Waals surface area contributed by atoms with Crippen molar-refractivity contribution in [2.24, 2.45) is 11.8 Å². The molecular formula is C17H25NO3. The zero-order chi connectivity index (χ0) is 15.8. The van der Waals surface area contributed by atoms with Gasteiger partial charge in [-0.2, -0.15) is 0 Å². The largest absolute Gasteiger partial charge is 0.481 e. The minimum absolute atomic E-state index is 0.0874. The average Bonchev–Trinajstić information content (AvgIpc) is 2.46. The third-order valence-electron chi connectivity index (χ3n) is 3.76. The second-order valence-corrected chi connectivity index (χ2v) is 5.76. The van der Waals surface area contributed by atoms with Crippen LogP contribution in [-0.2, 0) is 4.79 Å². The number of hydrogen-bond donors (Lipinski definition) is 1. The van der Waals surface area contributed by atoms with Crippen LogP contribution in [0.2, 0.25) is 0 Å². The number of benzene rings is 1. The molecule has 0 aliphatic heterocycles. The highest BCUT2D eigenvalue weighted by Crippen LogP contribution is 2.23. The Bertz CT molecular complexity index is 456. The molecule has 1 aromatic rings. The van der Waals surface area contributed by atoms with Crippen molar-refractivity contribution in [1.82, 2.24) is 4.90 Å². The molecule has 4 nitrogen and oxygen atoms in total. The average molecular weight is 291 g/mol. The van der Waals surface area contributed by atoms with Crippen LogP contribution in [0.25, 0.3) is 0 Å². The van der Waals surface area contributed by atoms with Crippen LogP contribution in [0.4, 0.5) is 0 Å². The maximum atomic E-state index is 12.4. The number of carboxylic acids is 1. The Morgan fingerprint density at radius 3 is 2.29 bits per heavy atom. The zero-order valence-corrected chi connectivity index (χ0v) is 13.1. The molecule has 0 unspecified atom stereocenters. The van der Waals surface area contributed by atoms with Gasteiger partial charge in [0.25, 0.3) is 0 Å². The fourth-order valence-corrected chi connectivity index (χ4v) is 2.43. The minimum Gasteiger partial charge on any atom is -0.481 e. The molecule has 0 saturated carbocycles. The normalized spacial score (nSPS) is 13.9. The standard InChI is InChI=1S/C17H25NO3/c1-13(16(19)14-9-5-4-6-10-14)15(17(20)21)11-7-8-12-18(2)3/h4-6,9-10,13,15H,7-8,11-12H2,1-3H3,(H,20,21)/t13-,15+/m0/s1. The highest BCUT2D eigenvalue weighted by Gasteiger charge is 2.29. The molecule has 0 amide bonds. The van der Waals surface area contributed by atoms with Crippen molar-refractivity contribution in [3.63, 3.8) is 0 Å². The van der Waals surface area contributed by atoms with E-state index in [1.807, 2.05) is 20.2 Å². The lowest BCUT2D eigenvalue weighted by atomic mass is 9.84. The van der Waals surface area contributed by atoms with Crippen LogP contribution < -0.4 is 0 Å². The summed E-state index contributed by atoms with van der Waals surface area (Å²) in [6.45, 7) is 2.66. The number of unbranched alkanes of at least 4 members (excludes halogenated alkanes) is 1. The number of ketones is 1. The number of carbonyl (C=O) groups is 2. The van der Waals surface area contributed by atoms with Gasteiger partial charge in [-0.3, -0.25) is 9.59 Å². The Balaban J connectivity index is 2.63. The fraction of sp³-hybridized carbons (Fsp3) is 0.529. The molecule has 1 N–H and O–H groups in total. The Morgan fingerprint density at radius 2 is 1.76 bits per heavy atom. The summed E-state index contributed by atoms with van der Waals surface area (Å²) in [5, 5.41) is 9.39.